The van der Waals surface area contributed by atoms with Crippen LogP contribution in [0.4, 0.5) is 4.39 Å². The van der Waals surface area contributed by atoms with E-state index in [0.717, 1.165) is 45.4 Å². The lowest BCUT2D eigenvalue weighted by Gasteiger charge is -2.46. The molecule has 0 unspecified atom stereocenters. The van der Waals surface area contributed by atoms with Crippen molar-refractivity contribution in [3.8, 4) is 0 Å². The number of rotatable bonds is 5. The van der Waals surface area contributed by atoms with Gasteiger partial charge in [-0.15, -0.1) is 0 Å². The van der Waals surface area contributed by atoms with Crippen molar-refractivity contribution >= 4 is 5.91 Å². The third-order valence-corrected chi connectivity index (χ3v) is 5.79. The summed E-state index contributed by atoms with van der Waals surface area (Å²) in [5.41, 5.74) is 0.420. The average Bonchev–Trinajstić information content (AvgIpc) is 2.66. The molecule has 1 aromatic rings. The summed E-state index contributed by atoms with van der Waals surface area (Å²) in [5.74, 6) is -0.104. The molecule has 2 aliphatic rings. The molecule has 0 aromatic heterocycles. The monoisotopic (exact) mass is 363 g/mol. The van der Waals surface area contributed by atoms with Crippen molar-refractivity contribution in [2.75, 3.05) is 52.9 Å². The van der Waals surface area contributed by atoms with E-state index in [9.17, 15) is 14.3 Å². The van der Waals surface area contributed by atoms with Crippen molar-refractivity contribution in [2.45, 2.75) is 25.3 Å². The highest BCUT2D eigenvalue weighted by Crippen LogP contribution is 2.28. The highest BCUT2D eigenvalue weighted by Gasteiger charge is 2.35. The first-order chi connectivity index (χ1) is 12.6. The summed E-state index contributed by atoms with van der Waals surface area (Å²) in [6, 6.07) is 6.41. The summed E-state index contributed by atoms with van der Waals surface area (Å²) in [5, 5.41) is 9.27. The number of nitrogens with zero attached hydrogens (tertiary/aromatic N) is 3. The van der Waals surface area contributed by atoms with Gasteiger partial charge in [0.15, 0.2) is 0 Å². The topological polar surface area (TPSA) is 47.0 Å². The second kappa shape index (κ2) is 8.93. The molecule has 0 bridgehead atoms. The van der Waals surface area contributed by atoms with Crippen molar-refractivity contribution in [3.05, 3.63) is 35.6 Å². The number of amides is 1. The molecule has 0 aliphatic carbocycles. The number of benzene rings is 1. The van der Waals surface area contributed by atoms with Crippen LogP contribution in [0.1, 0.15) is 29.6 Å². The maximum Gasteiger partial charge on any atom is 0.253 e. The molecule has 26 heavy (non-hydrogen) atoms. The molecule has 0 spiro atoms. The van der Waals surface area contributed by atoms with Crippen LogP contribution in [0.3, 0.4) is 0 Å². The molecule has 6 heteroatoms. The zero-order valence-corrected chi connectivity index (χ0v) is 15.6. The van der Waals surface area contributed by atoms with Gasteiger partial charge in [0.25, 0.3) is 5.91 Å². The molecular formula is C20H30FN3O2. The highest BCUT2D eigenvalue weighted by molar-refractivity contribution is 5.94. The van der Waals surface area contributed by atoms with E-state index in [1.54, 1.807) is 12.1 Å². The predicted octanol–water partition coefficient (Wildman–Crippen LogP) is 1.68. The Morgan fingerprint density at radius 3 is 2.69 bits per heavy atom. The largest absolute Gasteiger partial charge is 0.396 e. The van der Waals surface area contributed by atoms with Crippen LogP contribution in [0.15, 0.2) is 24.3 Å². The highest BCUT2D eigenvalue weighted by atomic mass is 19.1. The van der Waals surface area contributed by atoms with Gasteiger partial charge in [-0.25, -0.2) is 4.39 Å². The third kappa shape index (κ3) is 4.61. The number of hydrogen-bond donors (Lipinski definition) is 1. The summed E-state index contributed by atoms with van der Waals surface area (Å²) < 4.78 is 13.5. The minimum atomic E-state index is -0.375. The van der Waals surface area contributed by atoms with Crippen molar-refractivity contribution in [3.63, 3.8) is 0 Å². The van der Waals surface area contributed by atoms with Crippen LogP contribution >= 0.6 is 0 Å². The number of piperazine rings is 1. The normalized spacial score (nSPS) is 25.4. The van der Waals surface area contributed by atoms with E-state index in [1.807, 2.05) is 4.90 Å². The van der Waals surface area contributed by atoms with Crippen LogP contribution < -0.4 is 0 Å². The first-order valence-corrected chi connectivity index (χ1v) is 9.67. The number of carbonyl (C=O) groups is 1. The van der Waals surface area contributed by atoms with Gasteiger partial charge in [-0.2, -0.15) is 0 Å². The molecule has 2 heterocycles. The van der Waals surface area contributed by atoms with E-state index < -0.39 is 0 Å². The van der Waals surface area contributed by atoms with E-state index in [-0.39, 0.29) is 18.3 Å². The molecule has 2 aliphatic heterocycles. The number of aliphatic hydroxyl groups is 1. The van der Waals surface area contributed by atoms with Crippen molar-refractivity contribution in [2.24, 2.45) is 5.92 Å². The lowest BCUT2D eigenvalue weighted by atomic mass is 9.86. The van der Waals surface area contributed by atoms with Gasteiger partial charge in [0.05, 0.1) is 0 Å². The summed E-state index contributed by atoms with van der Waals surface area (Å²) in [6.07, 6.45) is 2.62. The lowest BCUT2D eigenvalue weighted by Crippen LogP contribution is -2.56. The number of likely N-dealkylation sites (N-methyl/N-ethyl adjacent to an activating group) is 1. The first kappa shape index (κ1) is 19.3. The van der Waals surface area contributed by atoms with Crippen LogP contribution in [0.5, 0.6) is 0 Å². The Kier molecular flexibility index (Phi) is 6.62. The number of hydrogen-bond acceptors (Lipinski definition) is 4. The molecule has 2 fully saturated rings. The van der Waals surface area contributed by atoms with Crippen LogP contribution in [-0.2, 0) is 0 Å². The Balaban J connectivity index is 1.68. The van der Waals surface area contributed by atoms with Gasteiger partial charge < -0.3 is 14.9 Å². The van der Waals surface area contributed by atoms with E-state index in [1.165, 1.54) is 12.1 Å². The fourth-order valence-electron chi connectivity index (χ4n) is 4.28. The van der Waals surface area contributed by atoms with E-state index in [4.69, 9.17) is 0 Å². The van der Waals surface area contributed by atoms with Gasteiger partial charge >= 0.3 is 0 Å². The second-order valence-electron chi connectivity index (χ2n) is 7.58. The average molecular weight is 363 g/mol. The van der Waals surface area contributed by atoms with Gasteiger partial charge in [0, 0.05) is 57.5 Å². The Bertz CT molecular complexity index is 604. The first-order valence-electron chi connectivity index (χ1n) is 9.67. The van der Waals surface area contributed by atoms with Crippen LogP contribution in [0.2, 0.25) is 0 Å². The molecule has 5 nitrogen and oxygen atoms in total. The smallest absolute Gasteiger partial charge is 0.253 e. The van der Waals surface area contributed by atoms with Gasteiger partial charge in [-0.05, 0) is 50.4 Å². The van der Waals surface area contributed by atoms with Gasteiger partial charge in [0.2, 0.25) is 0 Å². The van der Waals surface area contributed by atoms with Gasteiger partial charge in [-0.3, -0.25) is 9.69 Å². The number of carbonyl (C=O) groups excluding carboxylic acids is 1. The Hall–Kier alpha value is -1.50. The van der Waals surface area contributed by atoms with Crippen molar-refractivity contribution in [1.29, 1.82) is 0 Å². The molecular weight excluding hydrogens is 333 g/mol. The molecule has 2 atom stereocenters. The quantitative estimate of drug-likeness (QED) is 0.865. The Labute approximate surface area is 155 Å². The summed E-state index contributed by atoms with van der Waals surface area (Å²) >= 11 is 0. The molecule has 0 radical (unpaired) electrons. The predicted molar refractivity (Wildman–Crippen MR) is 99.6 cm³/mol. The maximum atomic E-state index is 13.5. The standard InChI is InChI=1S/C20H30FN3O2/c1-22-9-11-23(12-10-22)19-7-8-24(15-17(19)5-3-13-25)20(26)16-4-2-6-18(21)14-16/h2,4,6,14,17,19,25H,3,5,7-13,15H2,1H3/t17-,19+/m1/s1. The van der Waals surface area contributed by atoms with Gasteiger partial charge in [-0.1, -0.05) is 6.07 Å². The molecule has 0 saturated carbocycles. The molecule has 3 rings (SSSR count). The molecule has 1 N–H and O–H groups in total. The fourth-order valence-corrected chi connectivity index (χ4v) is 4.28. The number of aliphatic hydroxyl groups excluding tert-OH is 1. The minimum Gasteiger partial charge on any atom is -0.396 e. The summed E-state index contributed by atoms with van der Waals surface area (Å²) in [7, 11) is 2.15. The third-order valence-electron chi connectivity index (χ3n) is 5.79. The van der Waals surface area contributed by atoms with Crippen molar-refractivity contribution in [1.82, 2.24) is 14.7 Å². The Morgan fingerprint density at radius 2 is 2.00 bits per heavy atom. The van der Waals surface area contributed by atoms with Crippen LogP contribution in [-0.4, -0.2) is 84.7 Å². The van der Waals surface area contributed by atoms with Crippen LogP contribution in [0.25, 0.3) is 0 Å². The van der Waals surface area contributed by atoms with Crippen LogP contribution in [0, 0.1) is 11.7 Å². The van der Waals surface area contributed by atoms with E-state index in [0.29, 0.717) is 30.6 Å². The second-order valence-corrected chi connectivity index (χ2v) is 7.58. The lowest BCUT2D eigenvalue weighted by molar-refractivity contribution is 0.0217. The van der Waals surface area contributed by atoms with Gasteiger partial charge in [0.1, 0.15) is 5.82 Å². The molecule has 1 amide bonds. The van der Waals surface area contributed by atoms with E-state index in [2.05, 4.69) is 16.8 Å². The number of halogens is 1. The summed E-state index contributed by atoms with van der Waals surface area (Å²) in [4.78, 5) is 19.6. The summed E-state index contributed by atoms with van der Waals surface area (Å²) in [6.45, 7) is 5.87. The van der Waals surface area contributed by atoms with E-state index >= 15 is 0 Å². The molecule has 2 saturated heterocycles. The molecule has 144 valence electrons. The van der Waals surface area contributed by atoms with Crippen molar-refractivity contribution < 1.29 is 14.3 Å². The fraction of sp³-hybridized carbons (Fsp3) is 0.650. The maximum absolute atomic E-state index is 13.5. The molecule has 1 aromatic carbocycles. The Morgan fingerprint density at radius 1 is 1.23 bits per heavy atom. The minimum absolute atomic E-state index is 0.0877. The zero-order chi connectivity index (χ0) is 18.5. The number of likely N-dealkylation sites (tertiary alicyclic amines) is 1. The number of piperidine rings is 1. The SMILES string of the molecule is CN1CCN([C@H]2CCN(C(=O)c3cccc(F)c3)C[C@H]2CCCO)CC1. The zero-order valence-electron chi connectivity index (χ0n) is 15.6.